The fourth-order valence-corrected chi connectivity index (χ4v) is 5.90. The molecule has 2 heterocycles. The van der Waals surface area contributed by atoms with Gasteiger partial charge < -0.3 is 19.1 Å². The third-order valence-corrected chi connectivity index (χ3v) is 8.29. The number of rotatable bonds is 13. The van der Waals surface area contributed by atoms with Gasteiger partial charge in [-0.05, 0) is 55.5 Å². The number of anilines is 1. The molecule has 0 saturated carbocycles. The lowest BCUT2D eigenvalue weighted by Crippen LogP contribution is -2.49. The number of nitrogens with zero attached hydrogens (tertiary/aromatic N) is 5. The predicted molar refractivity (Wildman–Crippen MR) is 160 cm³/mol. The highest BCUT2D eigenvalue weighted by Gasteiger charge is 2.24. The third kappa shape index (κ3) is 8.24. The average Bonchev–Trinajstić information content (AvgIpc) is 3.38. The lowest BCUT2D eigenvalue weighted by atomic mass is 10.0. The number of piperazine rings is 1. The van der Waals surface area contributed by atoms with Crippen LogP contribution >= 0.6 is 11.8 Å². The van der Waals surface area contributed by atoms with Crippen molar-refractivity contribution in [2.24, 2.45) is 5.92 Å². The van der Waals surface area contributed by atoms with E-state index in [9.17, 15) is 4.79 Å². The van der Waals surface area contributed by atoms with Crippen LogP contribution in [0.4, 0.5) is 5.69 Å². The lowest BCUT2D eigenvalue weighted by Gasteiger charge is -2.36. The van der Waals surface area contributed by atoms with Crippen molar-refractivity contribution in [2.75, 3.05) is 36.8 Å². The van der Waals surface area contributed by atoms with Gasteiger partial charge in [-0.25, -0.2) is 0 Å². The summed E-state index contributed by atoms with van der Waals surface area (Å²) in [4.78, 5) is 17.4. The van der Waals surface area contributed by atoms with Crippen LogP contribution in [-0.2, 0) is 17.8 Å². The van der Waals surface area contributed by atoms with Gasteiger partial charge in [-0.2, -0.15) is 0 Å². The number of hydrogen-bond donors (Lipinski definition) is 0. The van der Waals surface area contributed by atoms with Crippen molar-refractivity contribution < 1.29 is 9.53 Å². The van der Waals surface area contributed by atoms with Gasteiger partial charge in [0.1, 0.15) is 12.4 Å². The second kappa shape index (κ2) is 14.4. The molecule has 0 N–H and O–H groups in total. The van der Waals surface area contributed by atoms with E-state index in [1.54, 1.807) is 0 Å². The molecule has 0 bridgehead atoms. The summed E-state index contributed by atoms with van der Waals surface area (Å²) in [7, 11) is 0. The van der Waals surface area contributed by atoms with Crippen molar-refractivity contribution in [3.05, 3.63) is 66.0 Å². The average molecular weight is 550 g/mol. The van der Waals surface area contributed by atoms with Crippen LogP contribution in [0.3, 0.4) is 0 Å². The lowest BCUT2D eigenvalue weighted by molar-refractivity contribution is -0.128. The van der Waals surface area contributed by atoms with Crippen LogP contribution in [0.25, 0.3) is 0 Å². The van der Waals surface area contributed by atoms with E-state index in [1.165, 1.54) is 29.4 Å². The highest BCUT2D eigenvalue weighted by Crippen LogP contribution is 2.27. The fourth-order valence-electron chi connectivity index (χ4n) is 4.94. The Kier molecular flexibility index (Phi) is 10.7. The zero-order chi connectivity index (χ0) is 27.6. The Labute approximate surface area is 237 Å². The number of para-hydroxylation sites is 1. The fraction of sp³-hybridized carbons (Fsp3) is 0.516. The van der Waals surface area contributed by atoms with E-state index in [-0.39, 0.29) is 11.9 Å². The van der Waals surface area contributed by atoms with Gasteiger partial charge in [0, 0.05) is 37.9 Å². The molecule has 1 fully saturated rings. The molecule has 1 atom stereocenters. The van der Waals surface area contributed by atoms with Crippen LogP contribution < -0.4 is 9.64 Å². The number of benzene rings is 2. The van der Waals surface area contributed by atoms with Crippen LogP contribution in [0.1, 0.15) is 64.4 Å². The number of carbonyl (C=O) groups excluding carboxylic acids is 1. The molecular weight excluding hydrogens is 506 g/mol. The van der Waals surface area contributed by atoms with E-state index in [4.69, 9.17) is 4.74 Å². The molecule has 39 heavy (non-hydrogen) atoms. The summed E-state index contributed by atoms with van der Waals surface area (Å²) in [6, 6.07) is 18.9. The molecule has 7 nitrogen and oxygen atoms in total. The molecule has 0 radical (unpaired) electrons. The van der Waals surface area contributed by atoms with Gasteiger partial charge in [0.05, 0.1) is 5.75 Å². The molecule has 0 aliphatic carbocycles. The van der Waals surface area contributed by atoms with Crippen LogP contribution in [0.15, 0.2) is 59.8 Å². The Hall–Kier alpha value is -3.00. The first-order valence-electron chi connectivity index (χ1n) is 14.3. The Morgan fingerprint density at radius 3 is 2.33 bits per heavy atom. The minimum atomic E-state index is 0.156. The van der Waals surface area contributed by atoms with Gasteiger partial charge in [0.25, 0.3) is 0 Å². The molecule has 210 valence electrons. The van der Waals surface area contributed by atoms with Crippen molar-refractivity contribution in [2.45, 2.75) is 71.2 Å². The first-order valence-corrected chi connectivity index (χ1v) is 15.3. The summed E-state index contributed by atoms with van der Waals surface area (Å²) >= 11 is 1.49. The summed E-state index contributed by atoms with van der Waals surface area (Å²) in [5, 5.41) is 9.80. The van der Waals surface area contributed by atoms with Crippen molar-refractivity contribution >= 4 is 23.4 Å². The van der Waals surface area contributed by atoms with Gasteiger partial charge in [-0.3, -0.25) is 4.79 Å². The molecule has 1 aromatic heterocycles. The first-order chi connectivity index (χ1) is 18.9. The van der Waals surface area contributed by atoms with E-state index in [0.29, 0.717) is 18.3 Å². The number of hydrogen-bond acceptors (Lipinski definition) is 6. The number of carbonyl (C=O) groups is 1. The van der Waals surface area contributed by atoms with E-state index in [1.807, 2.05) is 23.1 Å². The topological polar surface area (TPSA) is 63.5 Å². The minimum Gasteiger partial charge on any atom is -0.486 e. The van der Waals surface area contributed by atoms with Crippen molar-refractivity contribution in [1.29, 1.82) is 0 Å². The molecule has 4 rings (SSSR count). The maximum absolute atomic E-state index is 13.1. The molecule has 3 aromatic rings. The maximum atomic E-state index is 13.1. The van der Waals surface area contributed by atoms with Crippen LogP contribution in [0, 0.1) is 5.92 Å². The zero-order valence-electron chi connectivity index (χ0n) is 23.9. The number of amides is 1. The number of aryl methyl sites for hydroxylation is 1. The largest absolute Gasteiger partial charge is 0.486 e. The van der Waals surface area contributed by atoms with Crippen LogP contribution in [0.2, 0.25) is 0 Å². The summed E-state index contributed by atoms with van der Waals surface area (Å²) < 4.78 is 8.28. The van der Waals surface area contributed by atoms with E-state index in [0.717, 1.165) is 62.2 Å². The summed E-state index contributed by atoms with van der Waals surface area (Å²) in [5.41, 5.74) is 2.50. The number of ether oxygens (including phenoxy) is 1. The van der Waals surface area contributed by atoms with Gasteiger partial charge >= 0.3 is 0 Å². The maximum Gasteiger partial charge on any atom is 0.233 e. The molecule has 2 aromatic carbocycles. The Bertz CT molecular complexity index is 1160. The smallest absolute Gasteiger partial charge is 0.233 e. The van der Waals surface area contributed by atoms with E-state index >= 15 is 0 Å². The zero-order valence-corrected chi connectivity index (χ0v) is 24.7. The molecule has 0 spiro atoms. The van der Waals surface area contributed by atoms with E-state index in [2.05, 4.69) is 83.8 Å². The molecule has 1 saturated heterocycles. The SMILES string of the molecule is CCc1ccc(OCc2nnc(SCC(=O)N3CCN(c4ccccc4)CC3)n2[C@@H](C)CCCC(C)C)cc1. The second-order valence-corrected chi connectivity index (χ2v) is 11.7. The monoisotopic (exact) mass is 549 g/mol. The number of aromatic nitrogens is 3. The van der Waals surface area contributed by atoms with Gasteiger partial charge in [0.2, 0.25) is 5.91 Å². The van der Waals surface area contributed by atoms with Gasteiger partial charge in [-0.1, -0.05) is 75.7 Å². The predicted octanol–water partition coefficient (Wildman–Crippen LogP) is 6.25. The number of thioether (sulfide) groups is 1. The summed E-state index contributed by atoms with van der Waals surface area (Å²) in [5.74, 6) is 2.83. The molecule has 1 aliphatic rings. The molecular formula is C31H43N5O2S. The second-order valence-electron chi connectivity index (χ2n) is 10.7. The molecule has 8 heteroatoms. The third-order valence-electron chi connectivity index (χ3n) is 7.36. The Morgan fingerprint density at radius 1 is 0.949 bits per heavy atom. The van der Waals surface area contributed by atoms with Crippen LogP contribution in [0.5, 0.6) is 5.75 Å². The Balaban J connectivity index is 1.37. The molecule has 1 aliphatic heterocycles. The normalized spacial score (nSPS) is 14.6. The molecule has 0 unspecified atom stereocenters. The molecule has 1 amide bonds. The minimum absolute atomic E-state index is 0.156. The standard InChI is InChI=1S/C31H43N5O2S/c1-5-26-14-16-28(17-15-26)38-22-29-32-33-31(36(29)25(4)11-9-10-24(2)3)39-23-30(37)35-20-18-34(19-21-35)27-12-7-6-8-13-27/h6-8,12-17,24-25H,5,9-11,18-23H2,1-4H3/t25-/m0/s1. The van der Waals surface area contributed by atoms with Gasteiger partial charge in [-0.15, -0.1) is 10.2 Å². The van der Waals surface area contributed by atoms with Crippen molar-refractivity contribution in [3.63, 3.8) is 0 Å². The Morgan fingerprint density at radius 2 is 1.67 bits per heavy atom. The van der Waals surface area contributed by atoms with Crippen molar-refractivity contribution in [1.82, 2.24) is 19.7 Å². The first kappa shape index (κ1) is 29.0. The van der Waals surface area contributed by atoms with Crippen LogP contribution in [-0.4, -0.2) is 57.5 Å². The quantitative estimate of drug-likeness (QED) is 0.235. The summed E-state index contributed by atoms with van der Waals surface area (Å²) in [6.07, 6.45) is 4.38. The summed E-state index contributed by atoms with van der Waals surface area (Å²) in [6.45, 7) is 12.4. The van der Waals surface area contributed by atoms with Crippen molar-refractivity contribution in [3.8, 4) is 5.75 Å². The highest BCUT2D eigenvalue weighted by molar-refractivity contribution is 7.99. The van der Waals surface area contributed by atoms with Gasteiger partial charge in [0.15, 0.2) is 11.0 Å². The van der Waals surface area contributed by atoms with E-state index < -0.39 is 0 Å². The highest BCUT2D eigenvalue weighted by atomic mass is 32.2.